The molecule has 0 aliphatic heterocycles. The maximum atomic E-state index is 11.9. The molecule has 0 fully saturated rings. The molecule has 0 aliphatic carbocycles. The summed E-state index contributed by atoms with van der Waals surface area (Å²) in [6.07, 6.45) is 3.21. The fourth-order valence-corrected chi connectivity index (χ4v) is 1.85. The van der Waals surface area contributed by atoms with Crippen molar-refractivity contribution in [3.63, 3.8) is 0 Å². The van der Waals surface area contributed by atoms with Gasteiger partial charge in [-0.15, -0.1) is 0 Å². The molecule has 21 heavy (non-hydrogen) atoms. The van der Waals surface area contributed by atoms with Gasteiger partial charge in [-0.1, -0.05) is 11.6 Å². The average Bonchev–Trinajstić information content (AvgIpc) is 2.88. The minimum absolute atomic E-state index is 0.114. The fraction of sp³-hybridized carbons (Fsp3) is 0.308. The lowest BCUT2D eigenvalue weighted by Gasteiger charge is -2.05. The summed E-state index contributed by atoms with van der Waals surface area (Å²) in [6, 6.07) is 3.39. The van der Waals surface area contributed by atoms with Crippen LogP contribution in [0, 0.1) is 0 Å². The van der Waals surface area contributed by atoms with Crippen molar-refractivity contribution in [2.75, 3.05) is 26.8 Å². The van der Waals surface area contributed by atoms with Crippen molar-refractivity contribution in [3.8, 4) is 0 Å². The van der Waals surface area contributed by atoms with E-state index in [1.165, 1.54) is 0 Å². The molecule has 0 atom stereocenters. The van der Waals surface area contributed by atoms with Gasteiger partial charge in [-0.2, -0.15) is 0 Å². The molecule has 2 aromatic heterocycles. The zero-order valence-corrected chi connectivity index (χ0v) is 12.2. The molecule has 0 unspecified atom stereocenters. The second kappa shape index (κ2) is 7.05. The molecule has 2 heterocycles. The first kappa shape index (κ1) is 15.3. The Morgan fingerprint density at radius 3 is 2.90 bits per heavy atom. The van der Waals surface area contributed by atoms with Crippen LogP contribution in [0.4, 0.5) is 0 Å². The number of halogens is 1. The topological polar surface area (TPSA) is 84.7 Å². The summed E-state index contributed by atoms with van der Waals surface area (Å²) in [5.41, 5.74) is 0.830. The van der Waals surface area contributed by atoms with Gasteiger partial charge in [0, 0.05) is 26.0 Å². The van der Waals surface area contributed by atoms with E-state index in [0.29, 0.717) is 23.8 Å². The Bertz CT molecular complexity index is 656. The van der Waals surface area contributed by atoms with Gasteiger partial charge in [-0.05, 0) is 12.1 Å². The Kier molecular flexibility index (Phi) is 5.13. The van der Waals surface area contributed by atoms with Crippen LogP contribution in [0.1, 0.15) is 10.5 Å². The molecule has 0 saturated carbocycles. The van der Waals surface area contributed by atoms with Crippen molar-refractivity contribution in [2.45, 2.75) is 0 Å². The van der Waals surface area contributed by atoms with Gasteiger partial charge < -0.3 is 19.8 Å². The number of methoxy groups -OCH3 is 1. The molecule has 0 saturated heterocycles. The number of hydrogen-bond donors (Lipinski definition) is 2. The van der Waals surface area contributed by atoms with Gasteiger partial charge in [0.05, 0.1) is 18.2 Å². The predicted molar refractivity (Wildman–Crippen MR) is 77.4 cm³/mol. The third-order valence-corrected chi connectivity index (χ3v) is 2.91. The summed E-state index contributed by atoms with van der Waals surface area (Å²) in [4.78, 5) is 27.5. The van der Waals surface area contributed by atoms with Crippen molar-refractivity contribution < 1.29 is 14.3 Å². The van der Waals surface area contributed by atoms with Gasteiger partial charge >= 0.3 is 0 Å². The number of carbonyl (C=O) groups excluding carboxylic acids is 2. The lowest BCUT2D eigenvalue weighted by Crippen LogP contribution is -2.38. The van der Waals surface area contributed by atoms with Crippen LogP contribution in [0.25, 0.3) is 5.65 Å². The van der Waals surface area contributed by atoms with Crippen LogP contribution in [0.2, 0.25) is 5.02 Å². The van der Waals surface area contributed by atoms with Gasteiger partial charge in [0.15, 0.2) is 0 Å². The van der Waals surface area contributed by atoms with Gasteiger partial charge in [0.25, 0.3) is 5.91 Å². The molecule has 0 radical (unpaired) electrons. The Labute approximate surface area is 126 Å². The number of pyridine rings is 1. The van der Waals surface area contributed by atoms with E-state index in [0.717, 1.165) is 0 Å². The molecule has 7 nitrogen and oxygen atoms in total. The van der Waals surface area contributed by atoms with Crippen molar-refractivity contribution in [2.24, 2.45) is 0 Å². The standard InChI is InChI=1S/C13H15ClN4O3/c1-21-5-4-15-12(19)6-16-13(20)10-8-18-7-9(14)2-3-11(18)17-10/h2-3,7-8H,4-6H2,1H3,(H,15,19)(H,16,20). The SMILES string of the molecule is COCCNC(=O)CNC(=O)c1cn2cc(Cl)ccc2n1. The second-order valence-electron chi connectivity index (χ2n) is 4.26. The molecule has 2 amide bonds. The number of carbonyl (C=O) groups is 2. The van der Waals surface area contributed by atoms with Crippen LogP contribution >= 0.6 is 11.6 Å². The normalized spacial score (nSPS) is 10.6. The second-order valence-corrected chi connectivity index (χ2v) is 4.70. The summed E-state index contributed by atoms with van der Waals surface area (Å²) in [7, 11) is 1.55. The third kappa shape index (κ3) is 4.17. The monoisotopic (exact) mass is 310 g/mol. The highest BCUT2D eigenvalue weighted by Gasteiger charge is 2.12. The summed E-state index contributed by atoms with van der Waals surface area (Å²) in [5, 5.41) is 5.65. The van der Waals surface area contributed by atoms with Crippen molar-refractivity contribution in [1.29, 1.82) is 0 Å². The molecule has 0 bridgehead atoms. The van der Waals surface area contributed by atoms with E-state index in [1.807, 2.05) is 0 Å². The Balaban J connectivity index is 1.91. The summed E-state index contributed by atoms with van der Waals surface area (Å²) < 4.78 is 6.45. The quantitative estimate of drug-likeness (QED) is 0.760. The van der Waals surface area contributed by atoms with Gasteiger partial charge in [0.1, 0.15) is 11.3 Å². The zero-order chi connectivity index (χ0) is 15.2. The minimum atomic E-state index is -0.420. The molecule has 112 valence electrons. The van der Waals surface area contributed by atoms with E-state index in [4.69, 9.17) is 16.3 Å². The Hall–Kier alpha value is -2.12. The van der Waals surface area contributed by atoms with Crippen LogP contribution < -0.4 is 10.6 Å². The highest BCUT2D eigenvalue weighted by atomic mass is 35.5. The van der Waals surface area contributed by atoms with Crippen LogP contribution in [0.15, 0.2) is 24.5 Å². The predicted octanol–water partition coefficient (Wildman–Crippen LogP) is 0.480. The van der Waals surface area contributed by atoms with E-state index in [-0.39, 0.29) is 18.1 Å². The molecule has 2 rings (SSSR count). The molecule has 0 aromatic carbocycles. The summed E-state index contributed by atoms with van der Waals surface area (Å²) in [5.74, 6) is -0.705. The van der Waals surface area contributed by atoms with E-state index in [9.17, 15) is 9.59 Å². The highest BCUT2D eigenvalue weighted by Crippen LogP contribution is 2.11. The Morgan fingerprint density at radius 2 is 2.14 bits per heavy atom. The van der Waals surface area contributed by atoms with Gasteiger partial charge in [-0.3, -0.25) is 9.59 Å². The van der Waals surface area contributed by atoms with Crippen LogP contribution in [0.3, 0.4) is 0 Å². The maximum Gasteiger partial charge on any atom is 0.271 e. The summed E-state index contributed by atoms with van der Waals surface area (Å²) in [6.45, 7) is 0.710. The number of amides is 2. The third-order valence-electron chi connectivity index (χ3n) is 2.69. The number of imidazole rings is 1. The Morgan fingerprint density at radius 1 is 1.33 bits per heavy atom. The molecule has 0 spiro atoms. The van der Waals surface area contributed by atoms with Crippen molar-refractivity contribution >= 4 is 29.1 Å². The number of nitrogens with zero attached hydrogens (tertiary/aromatic N) is 2. The van der Waals surface area contributed by atoms with E-state index < -0.39 is 5.91 Å². The number of aromatic nitrogens is 2. The zero-order valence-electron chi connectivity index (χ0n) is 11.4. The number of hydrogen-bond acceptors (Lipinski definition) is 4. The molecular weight excluding hydrogens is 296 g/mol. The molecule has 8 heteroatoms. The van der Waals surface area contributed by atoms with Crippen molar-refractivity contribution in [1.82, 2.24) is 20.0 Å². The molecule has 2 N–H and O–H groups in total. The first-order valence-corrected chi connectivity index (χ1v) is 6.66. The largest absolute Gasteiger partial charge is 0.383 e. The average molecular weight is 311 g/mol. The van der Waals surface area contributed by atoms with Crippen molar-refractivity contribution in [3.05, 3.63) is 35.2 Å². The molecule has 2 aromatic rings. The number of ether oxygens (including phenoxy) is 1. The minimum Gasteiger partial charge on any atom is -0.383 e. The first-order valence-electron chi connectivity index (χ1n) is 6.28. The van der Waals surface area contributed by atoms with E-state index in [2.05, 4.69) is 15.6 Å². The van der Waals surface area contributed by atoms with Crippen LogP contribution in [-0.4, -0.2) is 48.0 Å². The van der Waals surface area contributed by atoms with Crippen LogP contribution in [0.5, 0.6) is 0 Å². The van der Waals surface area contributed by atoms with Gasteiger partial charge in [0.2, 0.25) is 5.91 Å². The molecule has 0 aliphatic rings. The summed E-state index contributed by atoms with van der Waals surface area (Å²) >= 11 is 5.86. The van der Waals surface area contributed by atoms with Gasteiger partial charge in [-0.25, -0.2) is 4.98 Å². The van der Waals surface area contributed by atoms with E-state index >= 15 is 0 Å². The maximum absolute atomic E-state index is 11.9. The molecular formula is C13H15ClN4O3. The lowest BCUT2D eigenvalue weighted by atomic mass is 10.4. The number of fused-ring (bicyclic) bond motifs is 1. The number of rotatable bonds is 6. The van der Waals surface area contributed by atoms with Crippen LogP contribution in [-0.2, 0) is 9.53 Å². The number of nitrogens with one attached hydrogen (secondary N) is 2. The fourth-order valence-electron chi connectivity index (χ4n) is 1.68. The van der Waals surface area contributed by atoms with E-state index in [1.54, 1.807) is 36.0 Å². The first-order chi connectivity index (χ1) is 10.1. The highest BCUT2D eigenvalue weighted by molar-refractivity contribution is 6.30. The smallest absolute Gasteiger partial charge is 0.271 e. The lowest BCUT2D eigenvalue weighted by molar-refractivity contribution is -0.120.